The third-order valence-electron chi connectivity index (χ3n) is 5.88. The maximum Gasteiger partial charge on any atom is 0.233 e. The van der Waals surface area contributed by atoms with Gasteiger partial charge in [-0.25, -0.2) is 10.0 Å². The quantitative estimate of drug-likeness (QED) is 0.391. The molecule has 1 aromatic heterocycles. The summed E-state index contributed by atoms with van der Waals surface area (Å²) in [5.41, 5.74) is 2.74. The Morgan fingerprint density at radius 1 is 1.43 bits per heavy atom. The molecule has 1 N–H and O–H groups in total. The van der Waals surface area contributed by atoms with Gasteiger partial charge >= 0.3 is 0 Å². The molecular formula is C23H33N3O4. The predicted molar refractivity (Wildman–Crippen MR) is 114 cm³/mol. The minimum atomic E-state index is -0.433. The molecule has 30 heavy (non-hydrogen) atoms. The Kier molecular flexibility index (Phi) is 6.81. The molecule has 1 fully saturated rings. The Hall–Kier alpha value is -2.41. The molecule has 1 aromatic carbocycles. The molecule has 0 radical (unpaired) electrons. The number of hydroxylamine groups is 2. The van der Waals surface area contributed by atoms with Crippen LogP contribution in [0, 0.1) is 5.92 Å². The molecule has 7 heteroatoms. The first-order valence-corrected chi connectivity index (χ1v) is 10.9. The van der Waals surface area contributed by atoms with Crippen molar-refractivity contribution in [3.8, 4) is 0 Å². The number of hydrogen-bond donors (Lipinski definition) is 1. The fourth-order valence-electron chi connectivity index (χ4n) is 4.09. The van der Waals surface area contributed by atoms with E-state index in [1.165, 1.54) is 5.56 Å². The summed E-state index contributed by atoms with van der Waals surface area (Å²) >= 11 is 0. The van der Waals surface area contributed by atoms with E-state index >= 15 is 0 Å². The highest BCUT2D eigenvalue weighted by Gasteiger charge is 2.37. The average Bonchev–Trinajstić information content (AvgIpc) is 3.35. The van der Waals surface area contributed by atoms with E-state index in [0.717, 1.165) is 36.8 Å². The van der Waals surface area contributed by atoms with E-state index in [2.05, 4.69) is 39.8 Å². The van der Waals surface area contributed by atoms with E-state index in [1.807, 2.05) is 11.0 Å². The summed E-state index contributed by atoms with van der Waals surface area (Å²) in [6.07, 6.45) is 4.45. The smallest absolute Gasteiger partial charge is 0.233 e. The van der Waals surface area contributed by atoms with Crippen molar-refractivity contribution in [2.24, 2.45) is 5.92 Å². The van der Waals surface area contributed by atoms with Crippen LogP contribution in [0.15, 0.2) is 22.6 Å². The van der Waals surface area contributed by atoms with Crippen LogP contribution in [0.2, 0.25) is 0 Å². The van der Waals surface area contributed by atoms with Crippen LogP contribution >= 0.6 is 0 Å². The van der Waals surface area contributed by atoms with Gasteiger partial charge in [-0.15, -0.1) is 0 Å². The van der Waals surface area contributed by atoms with Crippen molar-refractivity contribution in [3.63, 3.8) is 0 Å². The van der Waals surface area contributed by atoms with E-state index in [0.29, 0.717) is 30.3 Å². The van der Waals surface area contributed by atoms with Crippen molar-refractivity contribution >= 4 is 23.4 Å². The summed E-state index contributed by atoms with van der Waals surface area (Å²) in [7, 11) is 0. The van der Waals surface area contributed by atoms with E-state index in [-0.39, 0.29) is 23.9 Å². The number of unbranched alkanes of at least 4 members (excludes halogenated alkanes) is 1. The number of aromatic nitrogens is 1. The number of likely N-dealkylation sites (tertiary alicyclic amines) is 1. The van der Waals surface area contributed by atoms with Crippen molar-refractivity contribution < 1.29 is 19.2 Å². The molecule has 3 rings (SSSR count). The van der Waals surface area contributed by atoms with Crippen molar-refractivity contribution in [3.05, 3.63) is 29.7 Å². The summed E-state index contributed by atoms with van der Waals surface area (Å²) in [5.74, 6) is 0.0782. The highest BCUT2D eigenvalue weighted by Crippen LogP contribution is 2.35. The van der Waals surface area contributed by atoms with Gasteiger partial charge in [0.15, 0.2) is 5.58 Å². The molecule has 2 atom stereocenters. The topological polar surface area (TPSA) is 86.9 Å². The second kappa shape index (κ2) is 9.16. The Balaban J connectivity index is 1.84. The first-order chi connectivity index (χ1) is 14.2. The molecular weight excluding hydrogens is 382 g/mol. The fourth-order valence-corrected chi connectivity index (χ4v) is 4.09. The largest absolute Gasteiger partial charge is 0.438 e. The molecule has 0 spiro atoms. The second-order valence-electron chi connectivity index (χ2n) is 9.24. The lowest BCUT2D eigenvalue weighted by molar-refractivity contribution is -0.157. The molecule has 0 bridgehead atoms. The molecule has 2 amide bonds. The minimum Gasteiger partial charge on any atom is -0.438 e. The van der Waals surface area contributed by atoms with Crippen molar-refractivity contribution in [1.29, 1.82) is 0 Å². The van der Waals surface area contributed by atoms with Crippen LogP contribution in [0.25, 0.3) is 11.1 Å². The van der Waals surface area contributed by atoms with Gasteiger partial charge in [0.1, 0.15) is 11.6 Å². The number of oxazole rings is 1. The van der Waals surface area contributed by atoms with Crippen molar-refractivity contribution in [1.82, 2.24) is 14.9 Å². The zero-order valence-corrected chi connectivity index (χ0v) is 18.4. The van der Waals surface area contributed by atoms with E-state index in [4.69, 9.17) is 9.40 Å². The maximum atomic E-state index is 13.3. The Labute approximate surface area is 178 Å². The van der Waals surface area contributed by atoms with Gasteiger partial charge in [-0.3, -0.25) is 14.8 Å². The summed E-state index contributed by atoms with van der Waals surface area (Å²) in [4.78, 5) is 30.7. The molecule has 2 heterocycles. The van der Waals surface area contributed by atoms with E-state index < -0.39 is 5.92 Å². The molecule has 1 aliphatic rings. The van der Waals surface area contributed by atoms with Gasteiger partial charge < -0.3 is 9.32 Å². The third-order valence-corrected chi connectivity index (χ3v) is 5.88. The van der Waals surface area contributed by atoms with Gasteiger partial charge in [-0.1, -0.05) is 46.6 Å². The number of nitrogens with zero attached hydrogens (tertiary/aromatic N) is 3. The first-order valence-electron chi connectivity index (χ1n) is 10.9. The number of hydrogen-bond acceptors (Lipinski definition) is 5. The Morgan fingerprint density at radius 3 is 2.87 bits per heavy atom. The van der Waals surface area contributed by atoms with Crippen LogP contribution in [-0.2, 0) is 15.0 Å². The van der Waals surface area contributed by atoms with Crippen LogP contribution in [0.3, 0.4) is 0 Å². The van der Waals surface area contributed by atoms with Gasteiger partial charge in [0, 0.05) is 6.54 Å². The van der Waals surface area contributed by atoms with Gasteiger partial charge in [0.25, 0.3) is 0 Å². The second-order valence-corrected chi connectivity index (χ2v) is 9.24. The molecule has 0 unspecified atom stereocenters. The predicted octanol–water partition coefficient (Wildman–Crippen LogP) is 4.44. The van der Waals surface area contributed by atoms with Crippen LogP contribution in [0.1, 0.15) is 77.3 Å². The highest BCUT2D eigenvalue weighted by molar-refractivity contribution is 5.80. The third kappa shape index (κ3) is 4.83. The SMILES string of the molecule is CCCC[C@H](CN(O)C=O)C(=O)N1CCC[C@H]1c1nc2cc(C(C)(C)C)ccc2o1. The van der Waals surface area contributed by atoms with Gasteiger partial charge in [-0.2, -0.15) is 0 Å². The van der Waals surface area contributed by atoms with Crippen LogP contribution in [0.5, 0.6) is 0 Å². The number of rotatable bonds is 8. The number of benzene rings is 1. The fraction of sp³-hybridized carbons (Fsp3) is 0.609. The van der Waals surface area contributed by atoms with Gasteiger partial charge in [0.05, 0.1) is 12.5 Å². The Bertz CT molecular complexity index is 886. The molecule has 1 saturated heterocycles. The average molecular weight is 416 g/mol. The van der Waals surface area contributed by atoms with Crippen LogP contribution < -0.4 is 0 Å². The first kappa shape index (κ1) is 22.3. The monoisotopic (exact) mass is 415 g/mol. The van der Waals surface area contributed by atoms with Gasteiger partial charge in [-0.05, 0) is 42.4 Å². The van der Waals surface area contributed by atoms with Crippen molar-refractivity contribution in [2.75, 3.05) is 13.1 Å². The maximum absolute atomic E-state index is 13.3. The van der Waals surface area contributed by atoms with E-state index in [1.54, 1.807) is 0 Å². The highest BCUT2D eigenvalue weighted by atomic mass is 16.5. The molecule has 0 saturated carbocycles. The summed E-state index contributed by atoms with van der Waals surface area (Å²) in [6.45, 7) is 9.17. The molecule has 0 aliphatic carbocycles. The number of carbonyl (C=O) groups excluding carboxylic acids is 2. The molecule has 7 nitrogen and oxygen atoms in total. The number of amides is 2. The molecule has 1 aliphatic heterocycles. The summed E-state index contributed by atoms with van der Waals surface area (Å²) in [6, 6.07) is 5.85. The molecule has 164 valence electrons. The lowest BCUT2D eigenvalue weighted by Crippen LogP contribution is -2.40. The number of carbonyl (C=O) groups is 2. The zero-order valence-electron chi connectivity index (χ0n) is 18.4. The normalized spacial score (nSPS) is 18.0. The summed E-state index contributed by atoms with van der Waals surface area (Å²) in [5, 5.41) is 10.2. The minimum absolute atomic E-state index is 0.00799. The Morgan fingerprint density at radius 2 is 2.20 bits per heavy atom. The lowest BCUT2D eigenvalue weighted by Gasteiger charge is -2.28. The number of fused-ring (bicyclic) bond motifs is 1. The van der Waals surface area contributed by atoms with Crippen LogP contribution in [0.4, 0.5) is 0 Å². The van der Waals surface area contributed by atoms with Crippen LogP contribution in [-0.4, -0.2) is 45.6 Å². The van der Waals surface area contributed by atoms with E-state index in [9.17, 15) is 14.8 Å². The molecule has 2 aromatic rings. The summed E-state index contributed by atoms with van der Waals surface area (Å²) < 4.78 is 6.04. The van der Waals surface area contributed by atoms with Crippen molar-refractivity contribution in [2.45, 2.75) is 71.3 Å². The lowest BCUT2D eigenvalue weighted by atomic mass is 9.87. The standard InChI is InChI=1S/C23H33N3O4/c1-5-6-8-16(14-25(29)15-27)22(28)26-12-7-9-19(26)21-24-18-13-17(23(2,3)4)10-11-20(18)30-21/h10-11,13,15-16,19,29H,5-9,12,14H2,1-4H3/t16-,19+/m1/s1. The van der Waals surface area contributed by atoms with Gasteiger partial charge in [0.2, 0.25) is 18.2 Å². The zero-order chi connectivity index (χ0) is 21.9.